The fraction of sp³-hybridized carbons (Fsp3) is 0.733. The van der Waals surface area contributed by atoms with Gasteiger partial charge < -0.3 is 10.4 Å². The molecule has 1 aromatic rings. The van der Waals surface area contributed by atoms with Gasteiger partial charge in [0.05, 0.1) is 11.6 Å². The number of aromatic nitrogens is 2. The van der Waals surface area contributed by atoms with E-state index in [0.717, 1.165) is 30.8 Å². The van der Waals surface area contributed by atoms with Crippen LogP contribution in [0.2, 0.25) is 0 Å². The molecule has 0 aromatic carbocycles. The maximum Gasteiger partial charge on any atom is 0.308 e. The number of carbonyl (C=O) groups is 1. The fourth-order valence-electron chi connectivity index (χ4n) is 4.23. The van der Waals surface area contributed by atoms with Crippen LogP contribution in [0.4, 0.5) is 0 Å². The van der Waals surface area contributed by atoms with Crippen LogP contribution < -0.4 is 5.32 Å². The SMILES string of the molecule is Cc1nn(C)c(C)c1CNC1C2CCC(C2)C1C(=O)O. The Bertz CT molecular complexity index is 537. The van der Waals surface area contributed by atoms with Gasteiger partial charge >= 0.3 is 5.97 Å². The van der Waals surface area contributed by atoms with Gasteiger partial charge in [-0.1, -0.05) is 0 Å². The van der Waals surface area contributed by atoms with Crippen molar-refractivity contribution in [1.29, 1.82) is 0 Å². The molecule has 1 aromatic heterocycles. The van der Waals surface area contributed by atoms with Gasteiger partial charge in [-0.15, -0.1) is 0 Å². The predicted molar refractivity (Wildman–Crippen MR) is 75.3 cm³/mol. The molecule has 0 amide bonds. The Labute approximate surface area is 119 Å². The summed E-state index contributed by atoms with van der Waals surface area (Å²) < 4.78 is 1.89. The van der Waals surface area contributed by atoms with Gasteiger partial charge in [-0.2, -0.15) is 5.10 Å². The van der Waals surface area contributed by atoms with Crippen molar-refractivity contribution in [2.24, 2.45) is 24.8 Å². The average Bonchev–Trinajstić information content (AvgIpc) is 3.03. The number of hydrogen-bond acceptors (Lipinski definition) is 3. The molecule has 4 atom stereocenters. The second kappa shape index (κ2) is 4.88. The van der Waals surface area contributed by atoms with Crippen LogP contribution in [-0.2, 0) is 18.4 Å². The monoisotopic (exact) mass is 277 g/mol. The van der Waals surface area contributed by atoms with Gasteiger partial charge in [0.2, 0.25) is 0 Å². The molecule has 0 spiro atoms. The minimum atomic E-state index is -0.630. The van der Waals surface area contributed by atoms with Crippen molar-refractivity contribution in [2.75, 3.05) is 0 Å². The zero-order valence-electron chi connectivity index (χ0n) is 12.4. The van der Waals surface area contributed by atoms with Crippen molar-refractivity contribution in [2.45, 2.75) is 45.7 Å². The fourth-order valence-corrected chi connectivity index (χ4v) is 4.23. The van der Waals surface area contributed by atoms with Gasteiger partial charge in [0.15, 0.2) is 0 Å². The Hall–Kier alpha value is -1.36. The smallest absolute Gasteiger partial charge is 0.308 e. The van der Waals surface area contributed by atoms with E-state index in [2.05, 4.69) is 17.3 Å². The van der Waals surface area contributed by atoms with E-state index in [1.54, 1.807) is 0 Å². The molecule has 4 unspecified atom stereocenters. The van der Waals surface area contributed by atoms with E-state index >= 15 is 0 Å². The Morgan fingerprint density at radius 1 is 1.40 bits per heavy atom. The summed E-state index contributed by atoms with van der Waals surface area (Å²) in [5, 5.41) is 17.4. The molecule has 20 heavy (non-hydrogen) atoms. The van der Waals surface area contributed by atoms with Crippen LogP contribution in [0.1, 0.15) is 36.2 Å². The quantitative estimate of drug-likeness (QED) is 0.877. The summed E-state index contributed by atoms with van der Waals surface area (Å²) in [4.78, 5) is 11.5. The molecular weight excluding hydrogens is 254 g/mol. The Balaban J connectivity index is 1.73. The number of carboxylic acid groups (broad SMARTS) is 1. The predicted octanol–water partition coefficient (Wildman–Crippen LogP) is 1.63. The average molecular weight is 277 g/mol. The van der Waals surface area contributed by atoms with Crippen LogP contribution in [0, 0.1) is 31.6 Å². The third kappa shape index (κ3) is 2.04. The van der Waals surface area contributed by atoms with Crippen LogP contribution in [0.3, 0.4) is 0 Å². The number of hydrogen-bond donors (Lipinski definition) is 2. The molecular formula is C15H23N3O2. The molecule has 110 valence electrons. The van der Waals surface area contributed by atoms with E-state index in [-0.39, 0.29) is 12.0 Å². The largest absolute Gasteiger partial charge is 0.481 e. The number of fused-ring (bicyclic) bond motifs is 2. The number of carboxylic acids is 1. The summed E-state index contributed by atoms with van der Waals surface area (Å²) in [6.45, 7) is 4.80. The molecule has 5 nitrogen and oxygen atoms in total. The van der Waals surface area contributed by atoms with Gasteiger partial charge in [-0.3, -0.25) is 9.48 Å². The molecule has 0 radical (unpaired) electrons. The standard InChI is InChI=1S/C15H23N3O2/c1-8-12(9(2)18(3)17-8)7-16-14-11-5-4-10(6-11)13(14)15(19)20/h10-11,13-14,16H,4-7H2,1-3H3,(H,19,20). The highest BCUT2D eigenvalue weighted by atomic mass is 16.4. The summed E-state index contributed by atoms with van der Waals surface area (Å²) in [6.07, 6.45) is 3.35. The van der Waals surface area contributed by atoms with Crippen molar-refractivity contribution in [3.05, 3.63) is 17.0 Å². The number of aliphatic carboxylic acids is 1. The van der Waals surface area contributed by atoms with E-state index in [1.165, 1.54) is 12.0 Å². The first-order valence-corrected chi connectivity index (χ1v) is 7.44. The zero-order chi connectivity index (χ0) is 14.4. The molecule has 2 aliphatic carbocycles. The third-order valence-electron chi connectivity index (χ3n) is 5.37. The first-order chi connectivity index (χ1) is 9.49. The Morgan fingerprint density at radius 2 is 2.10 bits per heavy atom. The lowest BCUT2D eigenvalue weighted by atomic mass is 9.84. The second-order valence-electron chi connectivity index (χ2n) is 6.38. The molecule has 0 aliphatic heterocycles. The maximum absolute atomic E-state index is 11.5. The summed E-state index contributed by atoms with van der Waals surface area (Å²) in [5.41, 5.74) is 3.40. The van der Waals surface area contributed by atoms with Crippen LogP contribution in [-0.4, -0.2) is 26.9 Å². The molecule has 2 aliphatic rings. The van der Waals surface area contributed by atoms with Gasteiger partial charge in [0.1, 0.15) is 0 Å². The van der Waals surface area contributed by atoms with E-state index in [4.69, 9.17) is 0 Å². The molecule has 1 heterocycles. The summed E-state index contributed by atoms with van der Waals surface area (Å²) in [6, 6.07) is 0.130. The van der Waals surface area contributed by atoms with Gasteiger partial charge in [-0.05, 0) is 44.9 Å². The van der Waals surface area contributed by atoms with E-state index in [9.17, 15) is 9.90 Å². The van der Waals surface area contributed by atoms with Crippen molar-refractivity contribution in [3.8, 4) is 0 Å². The Kier molecular flexibility index (Phi) is 3.32. The topological polar surface area (TPSA) is 67.2 Å². The highest BCUT2D eigenvalue weighted by Crippen LogP contribution is 2.48. The minimum Gasteiger partial charge on any atom is -0.481 e. The number of nitrogens with one attached hydrogen (secondary N) is 1. The molecule has 0 saturated heterocycles. The van der Waals surface area contributed by atoms with E-state index in [0.29, 0.717) is 11.8 Å². The van der Waals surface area contributed by atoms with Gasteiger partial charge in [-0.25, -0.2) is 0 Å². The van der Waals surface area contributed by atoms with Crippen molar-refractivity contribution >= 4 is 5.97 Å². The zero-order valence-corrected chi connectivity index (χ0v) is 12.4. The third-order valence-corrected chi connectivity index (χ3v) is 5.37. The maximum atomic E-state index is 11.5. The first kappa shape index (κ1) is 13.6. The highest BCUT2D eigenvalue weighted by molar-refractivity contribution is 5.72. The van der Waals surface area contributed by atoms with Crippen molar-refractivity contribution in [3.63, 3.8) is 0 Å². The van der Waals surface area contributed by atoms with E-state index < -0.39 is 5.97 Å². The molecule has 2 saturated carbocycles. The molecule has 2 N–H and O–H groups in total. The lowest BCUT2D eigenvalue weighted by Gasteiger charge is -2.29. The van der Waals surface area contributed by atoms with Gasteiger partial charge in [0.25, 0.3) is 0 Å². The Morgan fingerprint density at radius 3 is 2.70 bits per heavy atom. The van der Waals surface area contributed by atoms with Crippen molar-refractivity contribution < 1.29 is 9.90 Å². The first-order valence-electron chi connectivity index (χ1n) is 7.44. The number of rotatable bonds is 4. The lowest BCUT2D eigenvalue weighted by Crippen LogP contribution is -2.43. The van der Waals surface area contributed by atoms with Crippen LogP contribution in [0.25, 0.3) is 0 Å². The van der Waals surface area contributed by atoms with Crippen LogP contribution in [0.15, 0.2) is 0 Å². The summed E-state index contributed by atoms with van der Waals surface area (Å²) in [5.74, 6) is 0.0878. The van der Waals surface area contributed by atoms with Crippen LogP contribution >= 0.6 is 0 Å². The van der Waals surface area contributed by atoms with Crippen LogP contribution in [0.5, 0.6) is 0 Å². The number of aryl methyl sites for hydroxylation is 2. The molecule has 3 rings (SSSR count). The minimum absolute atomic E-state index is 0.130. The van der Waals surface area contributed by atoms with E-state index in [1.807, 2.05) is 18.7 Å². The highest BCUT2D eigenvalue weighted by Gasteiger charge is 2.50. The summed E-state index contributed by atoms with van der Waals surface area (Å²) >= 11 is 0. The number of nitrogens with zero attached hydrogens (tertiary/aromatic N) is 2. The summed E-state index contributed by atoms with van der Waals surface area (Å²) in [7, 11) is 1.95. The van der Waals surface area contributed by atoms with Crippen molar-refractivity contribution in [1.82, 2.24) is 15.1 Å². The lowest BCUT2D eigenvalue weighted by molar-refractivity contribution is -0.144. The molecule has 2 fully saturated rings. The van der Waals surface area contributed by atoms with Gasteiger partial charge in [0, 0.05) is 30.9 Å². The normalized spacial score (nSPS) is 31.9. The molecule has 2 bridgehead atoms. The molecule has 5 heteroatoms. The second-order valence-corrected chi connectivity index (χ2v) is 6.38.